The van der Waals surface area contributed by atoms with Gasteiger partial charge in [-0.3, -0.25) is 9.78 Å². The fourth-order valence-corrected chi connectivity index (χ4v) is 2.92. The van der Waals surface area contributed by atoms with E-state index in [-0.39, 0.29) is 12.3 Å². The van der Waals surface area contributed by atoms with Crippen LogP contribution < -0.4 is 5.32 Å². The third-order valence-corrected chi connectivity index (χ3v) is 4.44. The van der Waals surface area contributed by atoms with Crippen molar-refractivity contribution in [1.29, 1.82) is 0 Å². The lowest BCUT2D eigenvalue weighted by Gasteiger charge is -2.10. The van der Waals surface area contributed by atoms with E-state index in [0.29, 0.717) is 29.2 Å². The molecule has 28 heavy (non-hydrogen) atoms. The molecule has 0 aliphatic rings. The largest absolute Gasteiger partial charge is 0.416 e. The number of aryl methyl sites for hydroxylation is 1. The molecular formula is C20H19F3N4O. The zero-order valence-corrected chi connectivity index (χ0v) is 15.4. The maximum Gasteiger partial charge on any atom is 0.416 e. The van der Waals surface area contributed by atoms with Gasteiger partial charge in [0.15, 0.2) is 0 Å². The van der Waals surface area contributed by atoms with E-state index < -0.39 is 11.7 Å². The van der Waals surface area contributed by atoms with Crippen LogP contribution in [0.4, 0.5) is 13.2 Å². The van der Waals surface area contributed by atoms with Crippen molar-refractivity contribution in [2.75, 3.05) is 0 Å². The van der Waals surface area contributed by atoms with Gasteiger partial charge in [0.25, 0.3) is 0 Å². The van der Waals surface area contributed by atoms with Gasteiger partial charge in [0.1, 0.15) is 0 Å². The molecule has 0 fully saturated rings. The summed E-state index contributed by atoms with van der Waals surface area (Å²) in [5.41, 5.74) is 2.43. The minimum Gasteiger partial charge on any atom is -0.352 e. The maximum absolute atomic E-state index is 13.0. The van der Waals surface area contributed by atoms with Gasteiger partial charge >= 0.3 is 6.18 Å². The summed E-state index contributed by atoms with van der Waals surface area (Å²) in [5, 5.41) is 7.16. The molecule has 2 aromatic heterocycles. The molecule has 0 spiro atoms. The summed E-state index contributed by atoms with van der Waals surface area (Å²) in [6.45, 7) is 3.86. The van der Waals surface area contributed by atoms with E-state index in [2.05, 4.69) is 15.4 Å². The monoisotopic (exact) mass is 388 g/mol. The Balaban J connectivity index is 1.78. The van der Waals surface area contributed by atoms with Crippen LogP contribution in [-0.4, -0.2) is 20.7 Å². The number of carbonyl (C=O) groups is 1. The highest BCUT2D eigenvalue weighted by molar-refractivity contribution is 5.79. The third-order valence-electron chi connectivity index (χ3n) is 4.44. The SMILES string of the molecule is Cc1nn(-c2cccc(C(F)(F)F)c2)c(C)c1CC(=O)NCc1ccncc1. The molecule has 8 heteroatoms. The van der Waals surface area contributed by atoms with Crippen molar-refractivity contribution in [3.63, 3.8) is 0 Å². The van der Waals surface area contributed by atoms with Crippen molar-refractivity contribution in [2.24, 2.45) is 0 Å². The van der Waals surface area contributed by atoms with Gasteiger partial charge in [-0.05, 0) is 49.7 Å². The molecule has 0 saturated carbocycles. The molecule has 3 aromatic rings. The Kier molecular flexibility index (Phi) is 5.48. The summed E-state index contributed by atoms with van der Waals surface area (Å²) in [4.78, 5) is 16.2. The first kappa shape index (κ1) is 19.6. The normalized spacial score (nSPS) is 11.5. The number of nitrogens with zero attached hydrogens (tertiary/aromatic N) is 3. The minimum absolute atomic E-state index is 0.0989. The molecule has 0 atom stereocenters. The number of aromatic nitrogens is 3. The number of amides is 1. The van der Waals surface area contributed by atoms with E-state index in [9.17, 15) is 18.0 Å². The number of rotatable bonds is 5. The lowest BCUT2D eigenvalue weighted by atomic mass is 10.1. The molecule has 0 aliphatic heterocycles. The fraction of sp³-hybridized carbons (Fsp3) is 0.250. The Bertz CT molecular complexity index is 981. The summed E-state index contributed by atoms with van der Waals surface area (Å²) in [7, 11) is 0. The fourth-order valence-electron chi connectivity index (χ4n) is 2.92. The molecule has 0 aliphatic carbocycles. The average molecular weight is 388 g/mol. The first-order valence-electron chi connectivity index (χ1n) is 8.64. The van der Waals surface area contributed by atoms with Crippen molar-refractivity contribution < 1.29 is 18.0 Å². The summed E-state index contributed by atoms with van der Waals surface area (Å²) < 4.78 is 40.4. The summed E-state index contributed by atoms with van der Waals surface area (Å²) in [5.74, 6) is -0.188. The van der Waals surface area contributed by atoms with E-state index in [1.54, 1.807) is 32.3 Å². The van der Waals surface area contributed by atoms with Gasteiger partial charge in [0.05, 0.1) is 23.4 Å². The number of hydrogen-bond donors (Lipinski definition) is 1. The second-order valence-electron chi connectivity index (χ2n) is 6.42. The zero-order valence-electron chi connectivity index (χ0n) is 15.4. The van der Waals surface area contributed by atoms with Crippen molar-refractivity contribution in [3.05, 3.63) is 76.9 Å². The van der Waals surface area contributed by atoms with E-state index in [4.69, 9.17) is 0 Å². The van der Waals surface area contributed by atoms with Gasteiger partial charge in [0.2, 0.25) is 5.91 Å². The Morgan fingerprint density at radius 2 is 1.86 bits per heavy atom. The highest BCUT2D eigenvalue weighted by Crippen LogP contribution is 2.30. The molecule has 146 valence electrons. The second kappa shape index (κ2) is 7.84. The van der Waals surface area contributed by atoms with Gasteiger partial charge < -0.3 is 5.32 Å². The molecule has 1 amide bonds. The van der Waals surface area contributed by atoms with Crippen LogP contribution in [0.3, 0.4) is 0 Å². The predicted octanol–water partition coefficient (Wildman–Crippen LogP) is 3.76. The quantitative estimate of drug-likeness (QED) is 0.724. The van der Waals surface area contributed by atoms with Crippen molar-refractivity contribution in [1.82, 2.24) is 20.1 Å². The van der Waals surface area contributed by atoms with Crippen LogP contribution in [0.5, 0.6) is 0 Å². The number of benzene rings is 1. The van der Waals surface area contributed by atoms with Crippen molar-refractivity contribution >= 4 is 5.91 Å². The molecule has 3 rings (SSSR count). The first-order valence-corrected chi connectivity index (χ1v) is 8.64. The van der Waals surface area contributed by atoms with Crippen LogP contribution in [0.1, 0.15) is 28.1 Å². The van der Waals surface area contributed by atoms with Gasteiger partial charge in [-0.15, -0.1) is 0 Å². The third kappa shape index (κ3) is 4.39. The molecule has 5 nitrogen and oxygen atoms in total. The molecule has 1 aromatic carbocycles. The van der Waals surface area contributed by atoms with Crippen LogP contribution in [0.2, 0.25) is 0 Å². The lowest BCUT2D eigenvalue weighted by molar-refractivity contribution is -0.137. The highest BCUT2D eigenvalue weighted by atomic mass is 19.4. The first-order chi connectivity index (χ1) is 13.3. The van der Waals surface area contributed by atoms with Crippen LogP contribution in [-0.2, 0) is 23.9 Å². The van der Waals surface area contributed by atoms with Gasteiger partial charge in [-0.25, -0.2) is 4.68 Å². The molecule has 0 unspecified atom stereocenters. The number of nitrogens with one attached hydrogen (secondary N) is 1. The molecule has 0 bridgehead atoms. The van der Waals surface area contributed by atoms with Gasteiger partial charge in [0, 0.05) is 30.2 Å². The van der Waals surface area contributed by atoms with Crippen LogP contribution in [0.25, 0.3) is 5.69 Å². The van der Waals surface area contributed by atoms with Gasteiger partial charge in [-0.1, -0.05) is 6.07 Å². The maximum atomic E-state index is 13.0. The number of pyridine rings is 1. The van der Waals surface area contributed by atoms with Crippen molar-refractivity contribution in [2.45, 2.75) is 33.0 Å². The second-order valence-corrected chi connectivity index (χ2v) is 6.42. The Labute approximate surface area is 160 Å². The Hall–Kier alpha value is -3.16. The summed E-state index contributed by atoms with van der Waals surface area (Å²) >= 11 is 0. The lowest BCUT2D eigenvalue weighted by Crippen LogP contribution is -2.25. The molecule has 0 saturated heterocycles. The van der Waals surface area contributed by atoms with Crippen LogP contribution in [0.15, 0.2) is 48.8 Å². The van der Waals surface area contributed by atoms with E-state index in [0.717, 1.165) is 17.7 Å². The van der Waals surface area contributed by atoms with E-state index in [1.165, 1.54) is 10.7 Å². The highest BCUT2D eigenvalue weighted by Gasteiger charge is 2.30. The Morgan fingerprint density at radius 1 is 1.14 bits per heavy atom. The average Bonchev–Trinajstić information content (AvgIpc) is 2.95. The molecule has 0 radical (unpaired) electrons. The smallest absolute Gasteiger partial charge is 0.352 e. The van der Waals surface area contributed by atoms with Crippen LogP contribution >= 0.6 is 0 Å². The summed E-state index contributed by atoms with van der Waals surface area (Å²) in [6, 6.07) is 8.58. The topological polar surface area (TPSA) is 59.8 Å². The van der Waals surface area contributed by atoms with Gasteiger partial charge in [-0.2, -0.15) is 18.3 Å². The number of carbonyl (C=O) groups excluding carboxylic acids is 1. The van der Waals surface area contributed by atoms with Crippen molar-refractivity contribution in [3.8, 4) is 5.69 Å². The molecule has 2 heterocycles. The number of halogens is 3. The standard InChI is InChI=1S/C20H19F3N4O/c1-13-18(11-19(28)25-12-15-6-8-24-9-7-15)14(2)27(26-13)17-5-3-4-16(10-17)20(21,22)23/h3-10H,11-12H2,1-2H3,(H,25,28). The van der Waals surface area contributed by atoms with Crippen LogP contribution in [0, 0.1) is 13.8 Å². The van der Waals surface area contributed by atoms with E-state index in [1.807, 2.05) is 12.1 Å². The Morgan fingerprint density at radius 3 is 2.54 bits per heavy atom. The number of alkyl halides is 3. The molecular weight excluding hydrogens is 369 g/mol. The number of hydrogen-bond acceptors (Lipinski definition) is 3. The van der Waals surface area contributed by atoms with E-state index >= 15 is 0 Å². The summed E-state index contributed by atoms with van der Waals surface area (Å²) in [6.07, 6.45) is -1.03. The predicted molar refractivity (Wildman–Crippen MR) is 97.8 cm³/mol. The minimum atomic E-state index is -4.43. The zero-order chi connectivity index (χ0) is 20.3. The molecule has 1 N–H and O–H groups in total.